The smallest absolute Gasteiger partial charge is 0.340 e. The zero-order valence-electron chi connectivity index (χ0n) is 16.6. The molecule has 0 unspecified atom stereocenters. The number of amides is 1. The highest BCUT2D eigenvalue weighted by Gasteiger charge is 2.30. The van der Waals surface area contributed by atoms with Gasteiger partial charge in [-0.25, -0.2) is 17.9 Å². The molecular formula is C21H18Cl2N2O6S. The van der Waals surface area contributed by atoms with Crippen LogP contribution in [0.4, 0.5) is 5.69 Å². The van der Waals surface area contributed by atoms with E-state index < -0.39 is 28.4 Å². The Kier molecular flexibility index (Phi) is 6.26. The summed E-state index contributed by atoms with van der Waals surface area (Å²) >= 11 is 12.1. The number of sulfonamides is 1. The molecule has 0 bridgehead atoms. The van der Waals surface area contributed by atoms with Crippen LogP contribution in [0.25, 0.3) is 0 Å². The second kappa shape index (κ2) is 8.82. The molecule has 32 heavy (non-hydrogen) atoms. The summed E-state index contributed by atoms with van der Waals surface area (Å²) in [7, 11) is -3.93. The van der Waals surface area contributed by atoms with Crippen LogP contribution in [0.5, 0.6) is 0 Å². The van der Waals surface area contributed by atoms with E-state index in [4.69, 9.17) is 27.9 Å². The van der Waals surface area contributed by atoms with E-state index in [2.05, 4.69) is 10.0 Å². The molecular weight excluding hydrogens is 479 g/mol. The molecule has 0 aromatic heterocycles. The molecule has 0 radical (unpaired) electrons. The van der Waals surface area contributed by atoms with E-state index in [1.807, 2.05) is 0 Å². The van der Waals surface area contributed by atoms with Gasteiger partial charge in [0.15, 0.2) is 12.4 Å². The summed E-state index contributed by atoms with van der Waals surface area (Å²) < 4.78 is 32.6. The van der Waals surface area contributed by atoms with Gasteiger partial charge in [0.05, 0.1) is 15.6 Å². The van der Waals surface area contributed by atoms with Crippen molar-refractivity contribution < 1.29 is 27.5 Å². The second-order valence-electron chi connectivity index (χ2n) is 7.58. The number of aryl methyl sites for hydroxylation is 1. The number of hydrogen-bond donors (Lipinski definition) is 2. The largest absolute Gasteiger partial charge is 0.454 e. The predicted molar refractivity (Wildman–Crippen MR) is 118 cm³/mol. The number of Topliss-reactive ketones (excluding diaryl/α,β-unsaturated/α-hetero) is 1. The van der Waals surface area contributed by atoms with Crippen LogP contribution >= 0.6 is 23.2 Å². The number of nitrogens with one attached hydrogen (secondary N) is 2. The first-order valence-electron chi connectivity index (χ1n) is 9.78. The van der Waals surface area contributed by atoms with Gasteiger partial charge in [0.25, 0.3) is 0 Å². The van der Waals surface area contributed by atoms with Crippen LogP contribution in [0.1, 0.15) is 45.5 Å². The molecule has 1 aliphatic heterocycles. The fraction of sp³-hybridized carbons (Fsp3) is 0.286. The Morgan fingerprint density at radius 2 is 1.84 bits per heavy atom. The highest BCUT2D eigenvalue weighted by Crippen LogP contribution is 2.31. The van der Waals surface area contributed by atoms with Gasteiger partial charge in [-0.3, -0.25) is 9.59 Å². The average Bonchev–Trinajstić information content (AvgIpc) is 3.54. The molecule has 4 rings (SSSR count). The fourth-order valence-corrected chi connectivity index (χ4v) is 5.38. The van der Waals surface area contributed by atoms with Gasteiger partial charge in [-0.2, -0.15) is 0 Å². The van der Waals surface area contributed by atoms with Crippen LogP contribution in [0, 0.1) is 0 Å². The van der Waals surface area contributed by atoms with Gasteiger partial charge in [0.1, 0.15) is 4.90 Å². The first kappa shape index (κ1) is 22.7. The number of hydrogen-bond acceptors (Lipinski definition) is 6. The maximum atomic E-state index is 12.5. The summed E-state index contributed by atoms with van der Waals surface area (Å²) in [5, 5.41) is 2.50. The second-order valence-corrected chi connectivity index (χ2v) is 10.1. The molecule has 2 aromatic rings. The number of carbonyl (C=O) groups excluding carboxylic acids is 3. The van der Waals surface area contributed by atoms with Crippen LogP contribution < -0.4 is 10.0 Å². The average molecular weight is 497 g/mol. The Morgan fingerprint density at radius 1 is 1.09 bits per heavy atom. The number of ketones is 1. The van der Waals surface area contributed by atoms with Crippen LogP contribution in [0.2, 0.25) is 10.0 Å². The summed E-state index contributed by atoms with van der Waals surface area (Å²) in [6.45, 7) is -0.564. The van der Waals surface area contributed by atoms with Gasteiger partial charge in [0, 0.05) is 23.7 Å². The van der Waals surface area contributed by atoms with Crippen molar-refractivity contribution in [1.82, 2.24) is 4.72 Å². The molecule has 8 nitrogen and oxygen atoms in total. The van der Waals surface area contributed by atoms with E-state index in [1.165, 1.54) is 6.07 Å². The van der Waals surface area contributed by atoms with E-state index in [9.17, 15) is 22.8 Å². The lowest BCUT2D eigenvalue weighted by Crippen LogP contribution is -2.26. The minimum atomic E-state index is -3.93. The molecule has 1 amide bonds. The number of rotatable bonds is 7. The number of halogens is 2. The van der Waals surface area contributed by atoms with Crippen molar-refractivity contribution in [3.63, 3.8) is 0 Å². The fourth-order valence-electron chi connectivity index (χ4n) is 3.22. The van der Waals surface area contributed by atoms with Gasteiger partial charge in [-0.1, -0.05) is 23.2 Å². The first-order chi connectivity index (χ1) is 15.1. The Hall–Kier alpha value is -2.46. The number of benzene rings is 2. The molecule has 11 heteroatoms. The molecule has 1 aliphatic carbocycles. The van der Waals surface area contributed by atoms with Crippen LogP contribution in [0.3, 0.4) is 0 Å². The van der Waals surface area contributed by atoms with Gasteiger partial charge in [-0.05, 0) is 55.2 Å². The zero-order chi connectivity index (χ0) is 23.0. The van der Waals surface area contributed by atoms with Crippen molar-refractivity contribution in [1.29, 1.82) is 0 Å². The Morgan fingerprint density at radius 3 is 2.56 bits per heavy atom. The van der Waals surface area contributed by atoms with E-state index >= 15 is 0 Å². The zero-order valence-corrected chi connectivity index (χ0v) is 18.9. The number of anilines is 1. The van der Waals surface area contributed by atoms with Crippen molar-refractivity contribution in [2.24, 2.45) is 0 Å². The number of esters is 1. The van der Waals surface area contributed by atoms with E-state index in [0.29, 0.717) is 24.1 Å². The molecule has 0 atom stereocenters. The third-order valence-corrected chi connectivity index (χ3v) is 7.39. The van der Waals surface area contributed by atoms with Crippen molar-refractivity contribution in [3.05, 3.63) is 57.1 Å². The maximum Gasteiger partial charge on any atom is 0.340 e. The SMILES string of the molecule is O=C1CCc2cc(C(=O)COC(=O)c3cc(S(=O)(=O)NC4CC4)c(Cl)cc3Cl)ccc2N1. The van der Waals surface area contributed by atoms with Crippen molar-refractivity contribution in [3.8, 4) is 0 Å². The first-order valence-corrected chi connectivity index (χ1v) is 12.0. The van der Waals surface area contributed by atoms with E-state index in [0.717, 1.165) is 30.5 Å². The van der Waals surface area contributed by atoms with Gasteiger partial charge < -0.3 is 10.1 Å². The third kappa shape index (κ3) is 4.96. The topological polar surface area (TPSA) is 119 Å². The number of fused-ring (bicyclic) bond motifs is 1. The highest BCUT2D eigenvalue weighted by molar-refractivity contribution is 7.89. The van der Waals surface area contributed by atoms with E-state index in [-0.39, 0.29) is 32.5 Å². The third-order valence-electron chi connectivity index (χ3n) is 5.09. The summed E-state index contributed by atoms with van der Waals surface area (Å²) in [5.74, 6) is -1.49. The van der Waals surface area contributed by atoms with Crippen LogP contribution in [-0.4, -0.2) is 38.7 Å². The van der Waals surface area contributed by atoms with Crippen molar-refractivity contribution in [2.45, 2.75) is 36.6 Å². The Labute approximate surface area is 194 Å². The van der Waals surface area contributed by atoms with E-state index in [1.54, 1.807) is 12.1 Å². The molecule has 2 aromatic carbocycles. The van der Waals surface area contributed by atoms with Crippen molar-refractivity contribution in [2.75, 3.05) is 11.9 Å². The highest BCUT2D eigenvalue weighted by atomic mass is 35.5. The maximum absolute atomic E-state index is 12.5. The van der Waals surface area contributed by atoms with Gasteiger partial charge >= 0.3 is 5.97 Å². The summed E-state index contributed by atoms with van der Waals surface area (Å²) in [6, 6.07) is 6.86. The lowest BCUT2D eigenvalue weighted by molar-refractivity contribution is -0.116. The molecule has 0 spiro atoms. The standard InChI is InChI=1S/C21H18Cl2N2O6S/c22-15-9-16(23)19(32(29,30)25-13-3-4-13)8-14(15)21(28)31-10-18(26)12-1-5-17-11(7-12)2-6-20(27)24-17/h1,5,7-9,13,25H,2-4,6,10H2,(H,24,27). The van der Waals surface area contributed by atoms with Crippen molar-refractivity contribution >= 4 is 56.6 Å². The molecule has 2 N–H and O–H groups in total. The van der Waals surface area contributed by atoms with Crippen LogP contribution in [0.15, 0.2) is 35.2 Å². The lowest BCUT2D eigenvalue weighted by atomic mass is 9.99. The quantitative estimate of drug-likeness (QED) is 0.448. The monoisotopic (exact) mass is 496 g/mol. The minimum Gasteiger partial charge on any atom is -0.454 e. The molecule has 168 valence electrons. The normalized spacial score (nSPS) is 15.6. The summed E-state index contributed by atoms with van der Waals surface area (Å²) in [4.78, 5) is 36.2. The summed E-state index contributed by atoms with van der Waals surface area (Å²) in [5.41, 5.74) is 1.58. The molecule has 1 fully saturated rings. The van der Waals surface area contributed by atoms with Gasteiger partial charge in [-0.15, -0.1) is 0 Å². The van der Waals surface area contributed by atoms with Crippen LogP contribution in [-0.2, 0) is 26.0 Å². The predicted octanol–water partition coefficient (Wildman–Crippen LogP) is 3.36. The molecule has 0 saturated heterocycles. The molecule has 2 aliphatic rings. The lowest BCUT2D eigenvalue weighted by Gasteiger charge is -2.17. The Bertz CT molecular complexity index is 1240. The Balaban J connectivity index is 1.47. The molecule has 1 saturated carbocycles. The minimum absolute atomic E-state index is 0.0842. The number of ether oxygens (including phenoxy) is 1. The van der Waals surface area contributed by atoms with Gasteiger partial charge in [0.2, 0.25) is 15.9 Å². The summed E-state index contributed by atoms with van der Waals surface area (Å²) in [6.07, 6.45) is 2.30. The number of carbonyl (C=O) groups is 3. The molecule has 1 heterocycles.